The van der Waals surface area contributed by atoms with Crippen molar-refractivity contribution < 1.29 is 14.3 Å². The summed E-state index contributed by atoms with van der Waals surface area (Å²) in [6, 6.07) is 0.223. The molecule has 2 aliphatic heterocycles. The van der Waals surface area contributed by atoms with E-state index in [1.165, 1.54) is 0 Å². The number of amides is 2. The van der Waals surface area contributed by atoms with Crippen molar-refractivity contribution in [2.24, 2.45) is 10.8 Å². The summed E-state index contributed by atoms with van der Waals surface area (Å²) in [5, 5.41) is 2.65. The highest BCUT2D eigenvalue weighted by Gasteiger charge is 2.60. The zero-order chi connectivity index (χ0) is 14.4. The summed E-state index contributed by atoms with van der Waals surface area (Å²) in [6.45, 7) is 4.54. The van der Waals surface area contributed by atoms with Crippen LogP contribution >= 0.6 is 0 Å². The van der Waals surface area contributed by atoms with Gasteiger partial charge in [0.1, 0.15) is 5.41 Å². The zero-order valence-electron chi connectivity index (χ0n) is 12.4. The third-order valence-corrected chi connectivity index (χ3v) is 5.77. The summed E-state index contributed by atoms with van der Waals surface area (Å²) < 4.78 is 5.47. The van der Waals surface area contributed by atoms with Gasteiger partial charge in [0.05, 0.1) is 0 Å². The number of nitrogens with one attached hydrogen (secondary N) is 1. The molecular weight excluding hydrogens is 256 g/mol. The van der Waals surface area contributed by atoms with E-state index in [1.807, 2.05) is 4.90 Å². The molecule has 0 aromatic rings. The average molecular weight is 280 g/mol. The molecule has 2 heterocycles. The molecule has 2 saturated heterocycles. The topological polar surface area (TPSA) is 58.6 Å². The number of carbonyl (C=O) groups is 2. The molecule has 0 radical (unpaired) electrons. The average Bonchev–Trinajstić information content (AvgIpc) is 3.23. The molecule has 1 atom stereocenters. The molecule has 1 aliphatic carbocycles. The monoisotopic (exact) mass is 280 g/mol. The van der Waals surface area contributed by atoms with Crippen LogP contribution in [0.3, 0.4) is 0 Å². The van der Waals surface area contributed by atoms with Gasteiger partial charge in [0.15, 0.2) is 0 Å². The van der Waals surface area contributed by atoms with E-state index in [2.05, 4.69) is 12.2 Å². The number of hydrogen-bond acceptors (Lipinski definition) is 3. The molecule has 0 bridgehead atoms. The Morgan fingerprint density at radius 3 is 2.35 bits per heavy atom. The third-order valence-electron chi connectivity index (χ3n) is 5.77. The molecule has 20 heavy (non-hydrogen) atoms. The van der Waals surface area contributed by atoms with Crippen molar-refractivity contribution in [2.75, 3.05) is 26.8 Å². The van der Waals surface area contributed by atoms with Gasteiger partial charge in [-0.1, -0.05) is 0 Å². The summed E-state index contributed by atoms with van der Waals surface area (Å²) >= 11 is 0. The van der Waals surface area contributed by atoms with Crippen LogP contribution in [0, 0.1) is 10.8 Å². The van der Waals surface area contributed by atoms with Crippen LogP contribution in [0.1, 0.15) is 39.0 Å². The van der Waals surface area contributed by atoms with Crippen LogP contribution in [-0.4, -0.2) is 49.6 Å². The SMILES string of the molecule is CNC(=O)C1(C(=O)N2CCC3(CCOCC3)C2C)CC1. The number of hydrogen-bond donors (Lipinski definition) is 1. The van der Waals surface area contributed by atoms with Gasteiger partial charge in [-0.3, -0.25) is 9.59 Å². The van der Waals surface area contributed by atoms with Gasteiger partial charge in [-0.2, -0.15) is 0 Å². The lowest BCUT2D eigenvalue weighted by Gasteiger charge is -2.39. The lowest BCUT2D eigenvalue weighted by atomic mass is 9.74. The van der Waals surface area contributed by atoms with Crippen molar-refractivity contribution in [2.45, 2.75) is 45.1 Å². The Morgan fingerprint density at radius 2 is 1.80 bits per heavy atom. The highest BCUT2D eigenvalue weighted by Crippen LogP contribution is 2.51. The Hall–Kier alpha value is -1.10. The third kappa shape index (κ3) is 1.86. The summed E-state index contributed by atoms with van der Waals surface area (Å²) in [6.07, 6.45) is 4.51. The Balaban J connectivity index is 1.76. The molecule has 1 N–H and O–H groups in total. The van der Waals surface area contributed by atoms with Gasteiger partial charge in [0.25, 0.3) is 0 Å². The van der Waals surface area contributed by atoms with Crippen LogP contribution in [0.5, 0.6) is 0 Å². The maximum Gasteiger partial charge on any atom is 0.238 e. The zero-order valence-corrected chi connectivity index (χ0v) is 12.4. The van der Waals surface area contributed by atoms with Gasteiger partial charge in [0.2, 0.25) is 11.8 Å². The van der Waals surface area contributed by atoms with Crippen molar-refractivity contribution in [3.05, 3.63) is 0 Å². The van der Waals surface area contributed by atoms with Gasteiger partial charge >= 0.3 is 0 Å². The Kier molecular flexibility index (Phi) is 3.27. The fraction of sp³-hybridized carbons (Fsp3) is 0.867. The smallest absolute Gasteiger partial charge is 0.238 e. The number of nitrogens with zero attached hydrogens (tertiary/aromatic N) is 1. The second-order valence-electron chi connectivity index (χ2n) is 6.56. The van der Waals surface area contributed by atoms with Crippen LogP contribution in [0.4, 0.5) is 0 Å². The molecular formula is C15H24N2O3. The Labute approximate surface area is 120 Å². The first-order valence-electron chi connectivity index (χ1n) is 7.67. The van der Waals surface area contributed by atoms with Crippen LogP contribution in [0.2, 0.25) is 0 Å². The lowest BCUT2D eigenvalue weighted by Crippen LogP contribution is -2.49. The standard InChI is InChI=1S/C15H24N2O3/c1-11-14(6-9-20-10-7-14)5-8-17(11)13(19)15(3-4-15)12(18)16-2/h11H,3-10H2,1-2H3,(H,16,18). The van der Waals surface area contributed by atoms with E-state index in [0.29, 0.717) is 12.8 Å². The number of carbonyl (C=O) groups excluding carboxylic acids is 2. The molecule has 112 valence electrons. The van der Waals surface area contributed by atoms with Gasteiger partial charge in [-0.25, -0.2) is 0 Å². The molecule has 0 aromatic carbocycles. The summed E-state index contributed by atoms with van der Waals surface area (Å²) in [5.74, 6) is -0.0599. The number of ether oxygens (including phenoxy) is 1. The lowest BCUT2D eigenvalue weighted by molar-refractivity contribution is -0.145. The second kappa shape index (κ2) is 4.72. The minimum atomic E-state index is -0.750. The molecule has 0 aromatic heterocycles. The van der Waals surface area contributed by atoms with Crippen LogP contribution < -0.4 is 5.32 Å². The van der Waals surface area contributed by atoms with E-state index < -0.39 is 5.41 Å². The molecule has 5 nitrogen and oxygen atoms in total. The molecule has 1 saturated carbocycles. The minimum absolute atomic E-state index is 0.0488. The first-order valence-corrected chi connectivity index (χ1v) is 7.67. The van der Waals surface area contributed by atoms with Crippen molar-refractivity contribution in [1.29, 1.82) is 0 Å². The molecule has 3 rings (SSSR count). The molecule has 3 aliphatic rings. The van der Waals surface area contributed by atoms with E-state index in [9.17, 15) is 9.59 Å². The second-order valence-corrected chi connectivity index (χ2v) is 6.56. The van der Waals surface area contributed by atoms with E-state index in [0.717, 1.165) is 39.0 Å². The normalized spacial score (nSPS) is 30.3. The summed E-state index contributed by atoms with van der Waals surface area (Å²) in [7, 11) is 1.61. The van der Waals surface area contributed by atoms with E-state index >= 15 is 0 Å². The molecule has 3 fully saturated rings. The van der Waals surface area contributed by atoms with E-state index in [-0.39, 0.29) is 23.3 Å². The van der Waals surface area contributed by atoms with Crippen molar-refractivity contribution >= 4 is 11.8 Å². The molecule has 1 spiro atoms. The van der Waals surface area contributed by atoms with Crippen molar-refractivity contribution in [1.82, 2.24) is 10.2 Å². The van der Waals surface area contributed by atoms with E-state index in [4.69, 9.17) is 4.74 Å². The maximum absolute atomic E-state index is 12.8. The van der Waals surface area contributed by atoms with E-state index in [1.54, 1.807) is 7.05 Å². The van der Waals surface area contributed by atoms with Crippen molar-refractivity contribution in [3.63, 3.8) is 0 Å². The van der Waals surface area contributed by atoms with Crippen LogP contribution in [0.25, 0.3) is 0 Å². The molecule has 2 amide bonds. The Morgan fingerprint density at radius 1 is 1.15 bits per heavy atom. The minimum Gasteiger partial charge on any atom is -0.381 e. The maximum atomic E-state index is 12.8. The molecule has 5 heteroatoms. The highest BCUT2D eigenvalue weighted by atomic mass is 16.5. The van der Waals surface area contributed by atoms with Crippen molar-refractivity contribution in [3.8, 4) is 0 Å². The fourth-order valence-electron chi connectivity index (χ4n) is 3.98. The summed E-state index contributed by atoms with van der Waals surface area (Å²) in [4.78, 5) is 26.8. The fourth-order valence-corrected chi connectivity index (χ4v) is 3.98. The van der Waals surface area contributed by atoms with Gasteiger partial charge in [-0.15, -0.1) is 0 Å². The predicted molar refractivity (Wildman–Crippen MR) is 74.0 cm³/mol. The Bertz CT molecular complexity index is 425. The first kappa shape index (κ1) is 13.9. The quantitative estimate of drug-likeness (QED) is 0.766. The van der Waals surface area contributed by atoms with Crippen LogP contribution in [-0.2, 0) is 14.3 Å². The summed E-state index contributed by atoms with van der Waals surface area (Å²) in [5.41, 5.74) is -0.535. The molecule has 1 unspecified atom stereocenters. The highest BCUT2D eigenvalue weighted by molar-refractivity contribution is 6.07. The van der Waals surface area contributed by atoms with Gasteiger partial charge in [-0.05, 0) is 44.4 Å². The number of likely N-dealkylation sites (tertiary alicyclic amines) is 1. The largest absolute Gasteiger partial charge is 0.381 e. The predicted octanol–water partition coefficient (Wildman–Crippen LogP) is 0.930. The first-order chi connectivity index (χ1) is 9.56. The van der Waals surface area contributed by atoms with Gasteiger partial charge < -0.3 is 15.0 Å². The number of rotatable bonds is 2. The van der Waals surface area contributed by atoms with Crippen LogP contribution in [0.15, 0.2) is 0 Å². The van der Waals surface area contributed by atoms with Gasteiger partial charge in [0, 0.05) is 32.8 Å².